The molecule has 1 heterocycles. The van der Waals surface area contributed by atoms with Gasteiger partial charge in [-0.3, -0.25) is 4.90 Å². The molecule has 0 aromatic carbocycles. The zero-order valence-electron chi connectivity index (χ0n) is 21.2. The summed E-state index contributed by atoms with van der Waals surface area (Å²) in [5.41, 5.74) is 0.403. The van der Waals surface area contributed by atoms with Crippen molar-refractivity contribution < 1.29 is 0 Å². The van der Waals surface area contributed by atoms with Crippen LogP contribution in [0.5, 0.6) is 0 Å². The highest BCUT2D eigenvalue weighted by atomic mass is 28.2. The van der Waals surface area contributed by atoms with E-state index in [2.05, 4.69) is 20.9 Å². The van der Waals surface area contributed by atoms with Gasteiger partial charge in [-0.1, -0.05) is 43.4 Å². The molecule has 0 aromatic heterocycles. The maximum Gasteiger partial charge on any atom is 0.0362 e. The summed E-state index contributed by atoms with van der Waals surface area (Å²) in [4.78, 5) is 3.04. The second-order valence-corrected chi connectivity index (χ2v) is 13.5. The predicted molar refractivity (Wildman–Crippen MR) is 152 cm³/mol. The minimum Gasteiger partial charge on any atom is -0.315 e. The van der Waals surface area contributed by atoms with Crippen LogP contribution in [-0.4, -0.2) is 103 Å². The van der Waals surface area contributed by atoms with E-state index in [0.29, 0.717) is 11.6 Å². The minimum absolute atomic E-state index is 0.403. The molecule has 1 aliphatic rings. The monoisotopic (exact) mass is 488 g/mol. The molecule has 0 radical (unpaired) electrons. The van der Waals surface area contributed by atoms with Crippen LogP contribution < -0.4 is 16.0 Å². The predicted octanol–water partition coefficient (Wildman–Crippen LogP) is -1.18. The summed E-state index contributed by atoms with van der Waals surface area (Å²) in [7, 11) is 5.44. The molecule has 180 valence electrons. The molecule has 0 bridgehead atoms. The Labute approximate surface area is 200 Å². The first kappa shape index (κ1) is 28.7. The van der Waals surface area contributed by atoms with Crippen molar-refractivity contribution in [2.24, 2.45) is 0 Å². The Hall–Kier alpha value is 0.708. The lowest BCUT2D eigenvalue weighted by molar-refractivity contribution is 0.0262. The van der Waals surface area contributed by atoms with Crippen LogP contribution in [0.15, 0.2) is 0 Å². The van der Waals surface area contributed by atoms with Gasteiger partial charge in [0.05, 0.1) is 0 Å². The SMILES string of the molecule is [SiH3]CCCC1NCCCNCCNCCCN(CCC[SiH3])C1(CCC[SiH3])CCC[SiH3]. The molecule has 0 spiro atoms. The van der Waals surface area contributed by atoms with Crippen molar-refractivity contribution in [3.05, 3.63) is 0 Å². The Kier molecular flexibility index (Phi) is 18.4. The van der Waals surface area contributed by atoms with Gasteiger partial charge in [0, 0.05) is 65.6 Å². The van der Waals surface area contributed by atoms with Crippen molar-refractivity contribution in [1.82, 2.24) is 20.9 Å². The Morgan fingerprint density at radius 2 is 1.30 bits per heavy atom. The fraction of sp³-hybridized carbons (Fsp3) is 1.00. The summed E-state index contributed by atoms with van der Waals surface area (Å²) in [5, 5.41) is 11.5. The van der Waals surface area contributed by atoms with Gasteiger partial charge in [-0.15, -0.1) is 0 Å². The zero-order valence-corrected chi connectivity index (χ0v) is 29.2. The topological polar surface area (TPSA) is 39.3 Å². The standard InChI is InChI=1S/C22H56N4Si4/c27-17-1-7-21-22(8-2-18-28,9-3-19-29)26(16-6-20-30)15-5-11-24-14-13-23-10-4-12-25-21/h21,23-25H,1-20H2,27-30H3. The molecule has 0 amide bonds. The highest BCUT2D eigenvalue weighted by Gasteiger charge is 2.41. The van der Waals surface area contributed by atoms with Crippen LogP contribution in [0.1, 0.15) is 57.8 Å². The second-order valence-electron chi connectivity index (χ2n) is 9.51. The number of nitrogens with zero attached hydrogens (tertiary/aromatic N) is 1. The molecule has 0 aliphatic carbocycles. The molecule has 1 unspecified atom stereocenters. The number of hydrogen-bond acceptors (Lipinski definition) is 4. The largest absolute Gasteiger partial charge is 0.315 e. The summed E-state index contributed by atoms with van der Waals surface area (Å²) < 4.78 is 0. The smallest absolute Gasteiger partial charge is 0.0362 e. The van der Waals surface area contributed by atoms with E-state index in [4.69, 9.17) is 0 Å². The van der Waals surface area contributed by atoms with Crippen molar-refractivity contribution in [2.75, 3.05) is 45.8 Å². The van der Waals surface area contributed by atoms with Crippen LogP contribution >= 0.6 is 0 Å². The van der Waals surface area contributed by atoms with E-state index in [1.807, 2.05) is 0 Å². The second kappa shape index (κ2) is 19.2. The summed E-state index contributed by atoms with van der Waals surface area (Å²) in [6.45, 7) is 8.37. The Morgan fingerprint density at radius 3 is 1.90 bits per heavy atom. The van der Waals surface area contributed by atoms with Crippen LogP contribution in [0.4, 0.5) is 0 Å². The van der Waals surface area contributed by atoms with Crippen LogP contribution in [-0.2, 0) is 0 Å². The maximum absolute atomic E-state index is 4.17. The van der Waals surface area contributed by atoms with Gasteiger partial charge in [-0.05, 0) is 71.2 Å². The zero-order chi connectivity index (χ0) is 21.9. The third-order valence-electron chi connectivity index (χ3n) is 7.01. The number of rotatable bonds is 12. The van der Waals surface area contributed by atoms with Crippen LogP contribution in [0.3, 0.4) is 0 Å². The van der Waals surface area contributed by atoms with Crippen molar-refractivity contribution in [3.8, 4) is 0 Å². The molecule has 1 rings (SSSR count). The van der Waals surface area contributed by atoms with Crippen LogP contribution in [0.25, 0.3) is 0 Å². The lowest BCUT2D eigenvalue weighted by Crippen LogP contribution is -2.62. The molecule has 8 heteroatoms. The Bertz CT molecular complexity index is 356. The lowest BCUT2D eigenvalue weighted by Gasteiger charge is -2.51. The molecule has 4 nitrogen and oxygen atoms in total. The highest BCUT2D eigenvalue weighted by molar-refractivity contribution is 6.09. The van der Waals surface area contributed by atoms with Crippen molar-refractivity contribution in [2.45, 2.75) is 93.5 Å². The minimum atomic E-state index is 0.403. The Morgan fingerprint density at radius 1 is 0.700 bits per heavy atom. The maximum atomic E-state index is 4.17. The van der Waals surface area contributed by atoms with Gasteiger partial charge in [0.2, 0.25) is 0 Å². The van der Waals surface area contributed by atoms with E-state index < -0.39 is 0 Å². The third-order valence-corrected chi connectivity index (χ3v) is 9.84. The van der Waals surface area contributed by atoms with Crippen molar-refractivity contribution in [3.63, 3.8) is 0 Å². The molecular weight excluding hydrogens is 433 g/mol. The van der Waals surface area contributed by atoms with E-state index in [1.54, 1.807) is 0 Å². The molecule has 30 heavy (non-hydrogen) atoms. The molecule has 1 atom stereocenters. The van der Waals surface area contributed by atoms with Gasteiger partial charge in [-0.2, -0.15) is 0 Å². The first-order valence-corrected chi connectivity index (χ1v) is 19.3. The van der Waals surface area contributed by atoms with E-state index >= 15 is 0 Å². The molecule has 3 N–H and O–H groups in total. The molecule has 1 fully saturated rings. The molecule has 0 aromatic rings. The third kappa shape index (κ3) is 11.0. The first-order valence-electron chi connectivity index (χ1n) is 13.6. The van der Waals surface area contributed by atoms with Crippen molar-refractivity contribution in [1.29, 1.82) is 0 Å². The van der Waals surface area contributed by atoms with Crippen LogP contribution in [0.2, 0.25) is 24.2 Å². The van der Waals surface area contributed by atoms with E-state index in [0.717, 1.165) is 19.6 Å². The number of hydrogen-bond donors (Lipinski definition) is 3. The summed E-state index contributed by atoms with van der Waals surface area (Å²) in [6, 6.07) is 6.54. The van der Waals surface area contributed by atoms with Crippen molar-refractivity contribution >= 4 is 41.0 Å². The van der Waals surface area contributed by atoms with Crippen LogP contribution in [0, 0.1) is 0 Å². The molecule has 0 saturated carbocycles. The summed E-state index contributed by atoms with van der Waals surface area (Å²) in [6.07, 6.45) is 12.6. The van der Waals surface area contributed by atoms with Gasteiger partial charge in [0.25, 0.3) is 0 Å². The summed E-state index contributed by atoms with van der Waals surface area (Å²) >= 11 is 0. The highest BCUT2D eigenvalue weighted by Crippen LogP contribution is 2.35. The Balaban J connectivity index is 3.20. The average Bonchev–Trinajstić information content (AvgIpc) is 2.76. The van der Waals surface area contributed by atoms with Gasteiger partial charge < -0.3 is 16.0 Å². The van der Waals surface area contributed by atoms with E-state index in [-0.39, 0.29) is 0 Å². The molecular formula is C22H56N4Si4. The van der Waals surface area contributed by atoms with Gasteiger partial charge >= 0.3 is 0 Å². The fourth-order valence-corrected chi connectivity index (χ4v) is 6.59. The quantitative estimate of drug-likeness (QED) is 0.303. The lowest BCUT2D eigenvalue weighted by atomic mass is 9.77. The fourth-order valence-electron chi connectivity index (χ4n) is 5.16. The number of nitrogens with one attached hydrogen (secondary N) is 3. The van der Waals surface area contributed by atoms with E-state index in [9.17, 15) is 0 Å². The summed E-state index contributed by atoms with van der Waals surface area (Å²) in [5.74, 6) is 0. The van der Waals surface area contributed by atoms with E-state index in [1.165, 1.54) is 149 Å². The normalized spacial score (nSPS) is 26.2. The molecule has 1 aliphatic heterocycles. The first-order chi connectivity index (χ1) is 14.7. The van der Waals surface area contributed by atoms with Gasteiger partial charge in [-0.25, -0.2) is 0 Å². The average molecular weight is 489 g/mol. The molecule has 1 saturated heterocycles. The van der Waals surface area contributed by atoms with Gasteiger partial charge in [0.15, 0.2) is 0 Å². The van der Waals surface area contributed by atoms with Gasteiger partial charge in [0.1, 0.15) is 0 Å².